The molecule has 1 aliphatic heterocycles. The Kier molecular flexibility index (Phi) is 6.52. The summed E-state index contributed by atoms with van der Waals surface area (Å²) in [5.74, 6) is -2.74. The standard InChI is InChI=1S/C10H12F2N2O.2ClH/c11-8-5-7(6-9(12)10(8)15)14-3-1-13-2-4-14;;/h5-6,13,15H,1-4H2;2*1H. The zero-order chi connectivity index (χ0) is 10.8. The first-order valence-corrected chi connectivity index (χ1v) is 4.82. The van der Waals surface area contributed by atoms with Crippen LogP contribution in [0.2, 0.25) is 0 Å². The van der Waals surface area contributed by atoms with Crippen molar-refractivity contribution in [3.05, 3.63) is 23.8 Å². The predicted molar refractivity (Wildman–Crippen MR) is 67.6 cm³/mol. The highest BCUT2D eigenvalue weighted by atomic mass is 35.5. The molecular formula is C10H14Cl2F2N2O. The zero-order valence-corrected chi connectivity index (χ0v) is 10.6. The summed E-state index contributed by atoms with van der Waals surface area (Å²) >= 11 is 0. The molecule has 17 heavy (non-hydrogen) atoms. The fraction of sp³-hybridized carbons (Fsp3) is 0.400. The SMILES string of the molecule is Cl.Cl.Oc1c(F)cc(N2CCNCC2)cc1F. The summed E-state index contributed by atoms with van der Waals surface area (Å²) < 4.78 is 26.1. The maximum Gasteiger partial charge on any atom is 0.187 e. The largest absolute Gasteiger partial charge is 0.503 e. The maximum atomic E-state index is 13.1. The van der Waals surface area contributed by atoms with Gasteiger partial charge in [-0.1, -0.05) is 0 Å². The Morgan fingerprint density at radius 2 is 1.53 bits per heavy atom. The third-order valence-corrected chi connectivity index (χ3v) is 2.48. The van der Waals surface area contributed by atoms with E-state index in [9.17, 15) is 8.78 Å². The summed E-state index contributed by atoms with van der Waals surface area (Å²) in [5, 5.41) is 12.1. The van der Waals surface area contributed by atoms with E-state index in [4.69, 9.17) is 5.11 Å². The lowest BCUT2D eigenvalue weighted by atomic mass is 10.2. The van der Waals surface area contributed by atoms with Crippen molar-refractivity contribution in [3.8, 4) is 5.75 Å². The lowest BCUT2D eigenvalue weighted by Gasteiger charge is -2.29. The molecule has 1 aliphatic rings. The van der Waals surface area contributed by atoms with E-state index < -0.39 is 17.4 Å². The predicted octanol–water partition coefficient (Wildman–Crippen LogP) is 1.92. The number of phenols is 1. The van der Waals surface area contributed by atoms with E-state index in [-0.39, 0.29) is 24.8 Å². The fourth-order valence-corrected chi connectivity index (χ4v) is 1.66. The molecule has 1 heterocycles. The number of hydrogen-bond donors (Lipinski definition) is 2. The van der Waals surface area contributed by atoms with E-state index in [0.717, 1.165) is 25.2 Å². The van der Waals surface area contributed by atoms with E-state index in [1.807, 2.05) is 4.90 Å². The number of nitrogens with zero attached hydrogens (tertiary/aromatic N) is 1. The van der Waals surface area contributed by atoms with Crippen LogP contribution in [-0.2, 0) is 0 Å². The van der Waals surface area contributed by atoms with Crippen LogP contribution in [0, 0.1) is 11.6 Å². The molecule has 1 aromatic rings. The Morgan fingerprint density at radius 3 is 2.00 bits per heavy atom. The summed E-state index contributed by atoms with van der Waals surface area (Å²) in [4.78, 5) is 1.88. The minimum absolute atomic E-state index is 0. The third-order valence-electron chi connectivity index (χ3n) is 2.48. The minimum atomic E-state index is -0.913. The van der Waals surface area contributed by atoms with Crippen LogP contribution >= 0.6 is 24.8 Å². The average molecular weight is 287 g/mol. The lowest BCUT2D eigenvalue weighted by Crippen LogP contribution is -2.43. The maximum absolute atomic E-state index is 13.1. The normalized spacial score (nSPS) is 14.8. The lowest BCUT2D eigenvalue weighted by molar-refractivity contribution is 0.396. The first-order chi connectivity index (χ1) is 7.18. The van der Waals surface area contributed by atoms with Gasteiger partial charge in [0.25, 0.3) is 0 Å². The van der Waals surface area contributed by atoms with Crippen LogP contribution in [0.3, 0.4) is 0 Å². The monoisotopic (exact) mass is 286 g/mol. The molecule has 1 saturated heterocycles. The highest BCUT2D eigenvalue weighted by Crippen LogP contribution is 2.26. The van der Waals surface area contributed by atoms with Gasteiger partial charge >= 0.3 is 0 Å². The second-order valence-corrected chi connectivity index (χ2v) is 3.50. The van der Waals surface area contributed by atoms with Crippen LogP contribution in [0.15, 0.2) is 12.1 Å². The molecule has 0 atom stereocenters. The topological polar surface area (TPSA) is 35.5 Å². The molecule has 7 heteroatoms. The van der Waals surface area contributed by atoms with E-state index >= 15 is 0 Å². The van der Waals surface area contributed by atoms with Crippen molar-refractivity contribution < 1.29 is 13.9 Å². The van der Waals surface area contributed by atoms with Gasteiger partial charge < -0.3 is 15.3 Å². The number of hydrogen-bond acceptors (Lipinski definition) is 3. The van der Waals surface area contributed by atoms with Crippen molar-refractivity contribution >= 4 is 30.5 Å². The first-order valence-electron chi connectivity index (χ1n) is 4.82. The summed E-state index contributed by atoms with van der Waals surface area (Å²) in [6, 6.07) is 2.31. The molecule has 0 radical (unpaired) electrons. The van der Waals surface area contributed by atoms with Crippen LogP contribution in [0.25, 0.3) is 0 Å². The van der Waals surface area contributed by atoms with Gasteiger partial charge in [-0.15, -0.1) is 24.8 Å². The molecule has 2 rings (SSSR count). The number of benzene rings is 1. The second-order valence-electron chi connectivity index (χ2n) is 3.50. The number of nitrogens with one attached hydrogen (secondary N) is 1. The van der Waals surface area contributed by atoms with E-state index in [1.165, 1.54) is 0 Å². The summed E-state index contributed by atoms with van der Waals surface area (Å²) in [6.07, 6.45) is 0. The molecule has 2 N–H and O–H groups in total. The van der Waals surface area contributed by atoms with Crippen LogP contribution < -0.4 is 10.2 Å². The van der Waals surface area contributed by atoms with Gasteiger partial charge in [0.05, 0.1) is 0 Å². The fourth-order valence-electron chi connectivity index (χ4n) is 1.66. The molecule has 0 aromatic heterocycles. The van der Waals surface area contributed by atoms with Crippen molar-refractivity contribution in [2.75, 3.05) is 31.1 Å². The Balaban J connectivity index is 0.00000128. The Hall–Kier alpha value is -0.780. The van der Waals surface area contributed by atoms with Crippen LogP contribution in [0.4, 0.5) is 14.5 Å². The third kappa shape index (κ3) is 3.59. The average Bonchev–Trinajstić information content (AvgIpc) is 2.26. The quantitative estimate of drug-likeness (QED) is 0.828. The van der Waals surface area contributed by atoms with Crippen LogP contribution in [0.1, 0.15) is 0 Å². The molecule has 0 unspecified atom stereocenters. The van der Waals surface area contributed by atoms with Gasteiger partial charge in [0.2, 0.25) is 0 Å². The summed E-state index contributed by atoms with van der Waals surface area (Å²) in [7, 11) is 0. The number of halogens is 4. The van der Waals surface area contributed by atoms with Gasteiger partial charge in [0, 0.05) is 44.0 Å². The Morgan fingerprint density at radius 1 is 1.06 bits per heavy atom. The molecule has 0 saturated carbocycles. The van der Waals surface area contributed by atoms with Crippen molar-refractivity contribution in [2.24, 2.45) is 0 Å². The summed E-state index contributed by atoms with van der Waals surface area (Å²) in [5.41, 5.74) is 0.476. The highest BCUT2D eigenvalue weighted by molar-refractivity contribution is 5.85. The van der Waals surface area contributed by atoms with Gasteiger partial charge in [-0.25, -0.2) is 8.78 Å². The Bertz CT molecular complexity index is 350. The van der Waals surface area contributed by atoms with Gasteiger partial charge in [-0.3, -0.25) is 0 Å². The van der Waals surface area contributed by atoms with E-state index in [2.05, 4.69) is 5.32 Å². The Labute approximate surface area is 111 Å². The molecule has 0 amide bonds. The zero-order valence-electron chi connectivity index (χ0n) is 8.95. The molecule has 1 fully saturated rings. The van der Waals surface area contributed by atoms with Crippen LogP contribution in [0.5, 0.6) is 5.75 Å². The smallest absolute Gasteiger partial charge is 0.187 e. The van der Waals surface area contributed by atoms with Gasteiger partial charge in [-0.2, -0.15) is 0 Å². The molecular weight excluding hydrogens is 273 g/mol. The molecule has 0 spiro atoms. The summed E-state index contributed by atoms with van der Waals surface area (Å²) in [6.45, 7) is 3.02. The number of piperazine rings is 1. The minimum Gasteiger partial charge on any atom is -0.503 e. The van der Waals surface area contributed by atoms with Crippen molar-refractivity contribution in [1.82, 2.24) is 5.32 Å². The van der Waals surface area contributed by atoms with Gasteiger partial charge in [0.15, 0.2) is 17.4 Å². The molecule has 1 aromatic carbocycles. The van der Waals surface area contributed by atoms with Crippen LogP contribution in [-0.4, -0.2) is 31.3 Å². The highest BCUT2D eigenvalue weighted by Gasteiger charge is 2.15. The van der Waals surface area contributed by atoms with Crippen molar-refractivity contribution in [2.45, 2.75) is 0 Å². The van der Waals surface area contributed by atoms with Crippen molar-refractivity contribution in [1.29, 1.82) is 0 Å². The number of aromatic hydroxyl groups is 1. The molecule has 98 valence electrons. The molecule has 0 aliphatic carbocycles. The van der Waals surface area contributed by atoms with Gasteiger partial charge in [-0.05, 0) is 0 Å². The number of anilines is 1. The second kappa shape index (κ2) is 6.83. The van der Waals surface area contributed by atoms with Crippen molar-refractivity contribution in [3.63, 3.8) is 0 Å². The first kappa shape index (κ1) is 16.2. The van der Waals surface area contributed by atoms with E-state index in [1.54, 1.807) is 0 Å². The molecule has 3 nitrogen and oxygen atoms in total. The number of rotatable bonds is 1. The van der Waals surface area contributed by atoms with E-state index in [0.29, 0.717) is 18.8 Å². The van der Waals surface area contributed by atoms with Gasteiger partial charge in [0.1, 0.15) is 0 Å². The molecule has 0 bridgehead atoms. The number of phenolic OH excluding ortho intramolecular Hbond substituents is 1.